The maximum Gasteiger partial charge on any atom is 0.260 e. The second-order valence-electron chi connectivity index (χ2n) is 5.80. The molecule has 0 atom stereocenters. The quantitative estimate of drug-likeness (QED) is 0.726. The molecular formula is C19H20N4O2. The van der Waals surface area contributed by atoms with Crippen LogP contribution in [-0.2, 0) is 11.3 Å². The summed E-state index contributed by atoms with van der Waals surface area (Å²) in [4.78, 5) is 24.3. The Morgan fingerprint density at radius 3 is 2.60 bits per heavy atom. The smallest absolute Gasteiger partial charge is 0.260 e. The van der Waals surface area contributed by atoms with Gasteiger partial charge in [-0.3, -0.25) is 24.7 Å². The van der Waals surface area contributed by atoms with Gasteiger partial charge >= 0.3 is 0 Å². The molecule has 0 aliphatic heterocycles. The first-order valence-corrected chi connectivity index (χ1v) is 8.17. The number of para-hydroxylation sites is 1. The second-order valence-corrected chi connectivity index (χ2v) is 5.80. The third kappa shape index (κ3) is 3.68. The van der Waals surface area contributed by atoms with Crippen LogP contribution in [0, 0.1) is 6.92 Å². The number of carbonyl (C=O) groups excluding carboxylic acids is 1. The fourth-order valence-corrected chi connectivity index (χ4v) is 2.66. The molecule has 6 heteroatoms. The van der Waals surface area contributed by atoms with E-state index < -0.39 is 0 Å². The molecule has 1 aromatic heterocycles. The van der Waals surface area contributed by atoms with Crippen molar-refractivity contribution in [3.63, 3.8) is 0 Å². The fourth-order valence-electron chi connectivity index (χ4n) is 2.66. The summed E-state index contributed by atoms with van der Waals surface area (Å²) in [6.45, 7) is 4.65. The van der Waals surface area contributed by atoms with Crippen LogP contribution in [0.15, 0.2) is 59.5 Å². The summed E-state index contributed by atoms with van der Waals surface area (Å²) in [5.74, 6) is -0.205. The van der Waals surface area contributed by atoms with Crippen LogP contribution in [0.5, 0.6) is 0 Å². The van der Waals surface area contributed by atoms with Crippen molar-refractivity contribution in [2.75, 3.05) is 11.6 Å². The van der Waals surface area contributed by atoms with Crippen molar-refractivity contribution < 1.29 is 4.79 Å². The second kappa shape index (κ2) is 7.17. The highest BCUT2D eigenvalue weighted by Crippen LogP contribution is 2.13. The van der Waals surface area contributed by atoms with E-state index in [2.05, 4.69) is 10.5 Å². The first kappa shape index (κ1) is 16.7. The van der Waals surface area contributed by atoms with Gasteiger partial charge in [0.1, 0.15) is 6.54 Å². The lowest BCUT2D eigenvalue weighted by Gasteiger charge is -2.24. The van der Waals surface area contributed by atoms with Gasteiger partial charge in [0.2, 0.25) is 5.43 Å². The van der Waals surface area contributed by atoms with E-state index in [1.165, 1.54) is 10.9 Å². The molecule has 25 heavy (non-hydrogen) atoms. The number of fused-ring (bicyclic) bond motifs is 1. The van der Waals surface area contributed by atoms with E-state index >= 15 is 0 Å². The van der Waals surface area contributed by atoms with Crippen LogP contribution >= 0.6 is 0 Å². The lowest BCUT2D eigenvalue weighted by Crippen LogP contribution is -2.44. The van der Waals surface area contributed by atoms with E-state index in [-0.39, 0.29) is 17.9 Å². The van der Waals surface area contributed by atoms with E-state index in [0.717, 1.165) is 11.3 Å². The van der Waals surface area contributed by atoms with Crippen LogP contribution < -0.4 is 15.9 Å². The largest absolute Gasteiger partial charge is 0.287 e. The number of rotatable bonds is 5. The molecule has 0 aliphatic carbocycles. The Kier molecular flexibility index (Phi) is 4.79. The van der Waals surface area contributed by atoms with Crippen molar-refractivity contribution in [2.45, 2.75) is 20.4 Å². The number of nitrogens with zero attached hydrogens (tertiary/aromatic N) is 3. The molecule has 0 unspecified atom stereocenters. The standard InChI is InChI=1S/C19H20N4O2/c1-3-22(15-10-8-14(2)9-11-15)21-19(25)13-23-17-7-5-4-6-16(17)18(24)12-20-23/h4-12H,3,13H2,1-2H3,(H,21,25). The number of hydrogen-bond donors (Lipinski definition) is 1. The van der Waals surface area contributed by atoms with Gasteiger partial charge in [-0.2, -0.15) is 5.10 Å². The van der Waals surface area contributed by atoms with Crippen molar-refractivity contribution in [3.8, 4) is 0 Å². The topological polar surface area (TPSA) is 67.2 Å². The Morgan fingerprint density at radius 1 is 1.16 bits per heavy atom. The number of aromatic nitrogens is 2. The minimum Gasteiger partial charge on any atom is -0.287 e. The summed E-state index contributed by atoms with van der Waals surface area (Å²) in [6, 6.07) is 15.1. The third-order valence-electron chi connectivity index (χ3n) is 3.98. The molecule has 2 aromatic carbocycles. The van der Waals surface area contributed by atoms with E-state index in [0.29, 0.717) is 17.4 Å². The molecule has 3 aromatic rings. The van der Waals surface area contributed by atoms with Crippen LogP contribution in [0.25, 0.3) is 10.9 Å². The van der Waals surface area contributed by atoms with Crippen molar-refractivity contribution in [2.24, 2.45) is 0 Å². The van der Waals surface area contributed by atoms with Crippen LogP contribution in [0.1, 0.15) is 12.5 Å². The summed E-state index contributed by atoms with van der Waals surface area (Å²) in [5, 5.41) is 6.42. The molecule has 0 saturated heterocycles. The molecule has 128 valence electrons. The van der Waals surface area contributed by atoms with Gasteiger partial charge in [0.05, 0.1) is 17.4 Å². The summed E-state index contributed by atoms with van der Waals surface area (Å²) < 4.78 is 1.54. The average Bonchev–Trinajstić information content (AvgIpc) is 2.63. The average molecular weight is 336 g/mol. The summed E-state index contributed by atoms with van der Waals surface area (Å²) in [7, 11) is 0. The lowest BCUT2D eigenvalue weighted by atomic mass is 10.2. The van der Waals surface area contributed by atoms with E-state index in [1.807, 2.05) is 44.2 Å². The Hall–Kier alpha value is -3.15. The molecule has 0 spiro atoms. The Labute approximate surface area is 145 Å². The molecule has 1 N–H and O–H groups in total. The summed E-state index contributed by atoms with van der Waals surface area (Å²) in [5.41, 5.74) is 5.45. The maximum atomic E-state index is 12.5. The van der Waals surface area contributed by atoms with Crippen molar-refractivity contribution in [1.82, 2.24) is 15.2 Å². The van der Waals surface area contributed by atoms with E-state index in [9.17, 15) is 9.59 Å². The number of nitrogens with one attached hydrogen (secondary N) is 1. The van der Waals surface area contributed by atoms with Gasteiger partial charge < -0.3 is 0 Å². The summed E-state index contributed by atoms with van der Waals surface area (Å²) >= 11 is 0. The van der Waals surface area contributed by atoms with E-state index in [4.69, 9.17) is 0 Å². The number of aryl methyl sites for hydroxylation is 1. The number of anilines is 1. The number of benzene rings is 2. The molecule has 0 aliphatic rings. The molecule has 3 rings (SSSR count). The lowest BCUT2D eigenvalue weighted by molar-refractivity contribution is -0.122. The summed E-state index contributed by atoms with van der Waals surface area (Å²) in [6.07, 6.45) is 1.24. The van der Waals surface area contributed by atoms with Gasteiger partial charge in [0.25, 0.3) is 5.91 Å². The van der Waals surface area contributed by atoms with Gasteiger partial charge in [0, 0.05) is 11.9 Å². The predicted molar refractivity (Wildman–Crippen MR) is 98.3 cm³/mol. The molecular weight excluding hydrogens is 316 g/mol. The molecule has 1 amide bonds. The maximum absolute atomic E-state index is 12.5. The van der Waals surface area contributed by atoms with Crippen LogP contribution in [0.3, 0.4) is 0 Å². The zero-order valence-corrected chi connectivity index (χ0v) is 14.3. The Morgan fingerprint density at radius 2 is 1.88 bits per heavy atom. The van der Waals surface area contributed by atoms with Crippen molar-refractivity contribution in [1.29, 1.82) is 0 Å². The highest BCUT2D eigenvalue weighted by Gasteiger charge is 2.11. The Balaban J connectivity index is 1.79. The molecule has 0 fully saturated rings. The van der Waals surface area contributed by atoms with E-state index in [1.54, 1.807) is 23.2 Å². The minimum absolute atomic E-state index is 0.0309. The van der Waals surface area contributed by atoms with Gasteiger partial charge in [0.15, 0.2) is 0 Å². The van der Waals surface area contributed by atoms with Gasteiger partial charge in [-0.1, -0.05) is 29.8 Å². The number of amides is 1. The zero-order chi connectivity index (χ0) is 17.8. The van der Waals surface area contributed by atoms with Gasteiger partial charge in [-0.05, 0) is 38.1 Å². The van der Waals surface area contributed by atoms with Gasteiger partial charge in [-0.15, -0.1) is 0 Å². The van der Waals surface area contributed by atoms with Crippen molar-refractivity contribution >= 4 is 22.5 Å². The number of hydrazine groups is 1. The number of carbonyl (C=O) groups is 1. The highest BCUT2D eigenvalue weighted by atomic mass is 16.2. The highest BCUT2D eigenvalue weighted by molar-refractivity contribution is 5.82. The third-order valence-corrected chi connectivity index (χ3v) is 3.98. The molecule has 1 heterocycles. The normalized spacial score (nSPS) is 10.6. The Bertz CT molecular complexity index is 948. The van der Waals surface area contributed by atoms with Crippen LogP contribution in [0.4, 0.5) is 5.69 Å². The molecule has 0 bridgehead atoms. The SMILES string of the molecule is CCN(NC(=O)Cn1ncc(=O)c2ccccc21)c1ccc(C)cc1. The first-order valence-electron chi connectivity index (χ1n) is 8.17. The molecule has 0 saturated carbocycles. The van der Waals surface area contributed by atoms with Crippen LogP contribution in [0.2, 0.25) is 0 Å². The fraction of sp³-hybridized carbons (Fsp3) is 0.211. The zero-order valence-electron chi connectivity index (χ0n) is 14.3. The molecule has 0 radical (unpaired) electrons. The van der Waals surface area contributed by atoms with Crippen LogP contribution in [-0.4, -0.2) is 22.2 Å². The first-order chi connectivity index (χ1) is 12.1. The van der Waals surface area contributed by atoms with Gasteiger partial charge in [-0.25, -0.2) is 0 Å². The molecule has 6 nitrogen and oxygen atoms in total. The predicted octanol–water partition coefficient (Wildman–Crippen LogP) is 2.26. The number of hydrogen-bond acceptors (Lipinski definition) is 4. The monoisotopic (exact) mass is 336 g/mol. The van der Waals surface area contributed by atoms with Crippen molar-refractivity contribution in [3.05, 3.63) is 70.5 Å². The minimum atomic E-state index is -0.205.